The summed E-state index contributed by atoms with van der Waals surface area (Å²) in [5.74, 6) is -0.130. The molecule has 0 spiro atoms. The molecule has 0 saturated carbocycles. The standard InChI is InChI=1S/C16H11ClN2O/c17-14-5-6-15(13(7-14)8-18)16(20)19-9-11-3-1-2-4-12(11)10-19/h1-7H,9-10H2. The van der Waals surface area contributed by atoms with E-state index < -0.39 is 0 Å². The lowest BCUT2D eigenvalue weighted by molar-refractivity contribution is 0.0751. The van der Waals surface area contributed by atoms with Crippen LogP contribution in [0.5, 0.6) is 0 Å². The van der Waals surface area contributed by atoms with Crippen LogP contribution in [0.3, 0.4) is 0 Å². The number of fused-ring (bicyclic) bond motifs is 1. The van der Waals surface area contributed by atoms with Crippen molar-refractivity contribution in [3.63, 3.8) is 0 Å². The summed E-state index contributed by atoms with van der Waals surface area (Å²) in [5, 5.41) is 9.59. The molecule has 0 N–H and O–H groups in total. The van der Waals surface area contributed by atoms with Crippen LogP contribution in [0.25, 0.3) is 0 Å². The molecule has 2 aromatic carbocycles. The minimum absolute atomic E-state index is 0.130. The molecule has 1 aliphatic heterocycles. The number of carbonyl (C=O) groups is 1. The van der Waals surface area contributed by atoms with Crippen molar-refractivity contribution in [3.05, 3.63) is 69.7 Å². The molecule has 3 rings (SSSR count). The van der Waals surface area contributed by atoms with Gasteiger partial charge in [0.05, 0.1) is 11.1 Å². The monoisotopic (exact) mass is 282 g/mol. The predicted molar refractivity (Wildman–Crippen MR) is 76.2 cm³/mol. The second-order valence-corrected chi connectivity index (χ2v) is 5.17. The SMILES string of the molecule is N#Cc1cc(Cl)ccc1C(=O)N1Cc2ccccc2C1. The number of hydrogen-bond acceptors (Lipinski definition) is 2. The lowest BCUT2D eigenvalue weighted by Gasteiger charge is -2.16. The predicted octanol–water partition coefficient (Wildman–Crippen LogP) is 3.37. The summed E-state index contributed by atoms with van der Waals surface area (Å²) in [7, 11) is 0. The fourth-order valence-corrected chi connectivity index (χ4v) is 2.61. The van der Waals surface area contributed by atoms with Crippen molar-refractivity contribution in [2.24, 2.45) is 0 Å². The van der Waals surface area contributed by atoms with Gasteiger partial charge < -0.3 is 4.90 Å². The highest BCUT2D eigenvalue weighted by Gasteiger charge is 2.25. The Morgan fingerprint density at radius 1 is 1.15 bits per heavy atom. The number of amides is 1. The summed E-state index contributed by atoms with van der Waals surface area (Å²) in [5.41, 5.74) is 3.05. The van der Waals surface area contributed by atoms with E-state index in [0.29, 0.717) is 29.2 Å². The van der Waals surface area contributed by atoms with E-state index in [2.05, 4.69) is 0 Å². The van der Waals surface area contributed by atoms with Gasteiger partial charge in [-0.2, -0.15) is 5.26 Å². The summed E-state index contributed by atoms with van der Waals surface area (Å²) in [6.45, 7) is 1.17. The third kappa shape index (κ3) is 2.15. The molecule has 20 heavy (non-hydrogen) atoms. The Bertz CT molecular complexity index is 708. The third-order valence-corrected chi connectivity index (χ3v) is 3.70. The van der Waals surface area contributed by atoms with E-state index in [9.17, 15) is 4.79 Å². The molecule has 0 bridgehead atoms. The zero-order valence-electron chi connectivity index (χ0n) is 10.6. The Labute approximate surface area is 122 Å². The molecule has 4 heteroatoms. The van der Waals surface area contributed by atoms with Gasteiger partial charge in [-0.15, -0.1) is 0 Å². The van der Waals surface area contributed by atoms with Crippen LogP contribution in [0.2, 0.25) is 5.02 Å². The number of rotatable bonds is 1. The van der Waals surface area contributed by atoms with Crippen LogP contribution in [-0.2, 0) is 13.1 Å². The van der Waals surface area contributed by atoms with Gasteiger partial charge in [0, 0.05) is 18.1 Å². The zero-order valence-corrected chi connectivity index (χ0v) is 11.4. The Balaban J connectivity index is 1.91. The smallest absolute Gasteiger partial charge is 0.255 e. The van der Waals surface area contributed by atoms with Crippen LogP contribution < -0.4 is 0 Å². The molecule has 0 unspecified atom stereocenters. The fraction of sp³-hybridized carbons (Fsp3) is 0.125. The van der Waals surface area contributed by atoms with Gasteiger partial charge in [-0.25, -0.2) is 0 Å². The van der Waals surface area contributed by atoms with E-state index in [4.69, 9.17) is 16.9 Å². The number of hydrogen-bond donors (Lipinski definition) is 0. The number of benzene rings is 2. The van der Waals surface area contributed by atoms with E-state index in [1.165, 1.54) is 6.07 Å². The minimum Gasteiger partial charge on any atom is -0.330 e. The first-order valence-corrected chi connectivity index (χ1v) is 6.62. The Morgan fingerprint density at radius 3 is 2.40 bits per heavy atom. The maximum absolute atomic E-state index is 12.5. The average molecular weight is 283 g/mol. The Kier molecular flexibility index (Phi) is 3.17. The van der Waals surface area contributed by atoms with Crippen LogP contribution >= 0.6 is 11.6 Å². The maximum atomic E-state index is 12.5. The second kappa shape index (κ2) is 4.99. The first-order valence-electron chi connectivity index (χ1n) is 6.25. The van der Waals surface area contributed by atoms with Crippen molar-refractivity contribution < 1.29 is 4.79 Å². The van der Waals surface area contributed by atoms with Crippen molar-refractivity contribution >= 4 is 17.5 Å². The van der Waals surface area contributed by atoms with Crippen molar-refractivity contribution in [2.75, 3.05) is 0 Å². The molecule has 1 aliphatic rings. The molecule has 2 aromatic rings. The van der Waals surface area contributed by atoms with Gasteiger partial charge in [0.1, 0.15) is 6.07 Å². The molecule has 3 nitrogen and oxygen atoms in total. The first kappa shape index (κ1) is 12.7. The molecular weight excluding hydrogens is 272 g/mol. The lowest BCUT2D eigenvalue weighted by atomic mass is 10.1. The number of nitrogens with zero attached hydrogens (tertiary/aromatic N) is 2. The Morgan fingerprint density at radius 2 is 1.80 bits per heavy atom. The Hall–Kier alpha value is -2.31. The number of carbonyl (C=O) groups excluding carboxylic acids is 1. The lowest BCUT2D eigenvalue weighted by Crippen LogP contribution is -2.26. The highest BCUT2D eigenvalue weighted by atomic mass is 35.5. The van der Waals surface area contributed by atoms with Crippen molar-refractivity contribution in [3.8, 4) is 6.07 Å². The second-order valence-electron chi connectivity index (χ2n) is 4.73. The van der Waals surface area contributed by atoms with Gasteiger partial charge in [-0.1, -0.05) is 35.9 Å². The highest BCUT2D eigenvalue weighted by Crippen LogP contribution is 2.25. The van der Waals surface area contributed by atoms with E-state index in [1.54, 1.807) is 17.0 Å². The van der Waals surface area contributed by atoms with Gasteiger partial charge in [0.2, 0.25) is 0 Å². The third-order valence-electron chi connectivity index (χ3n) is 3.46. The zero-order chi connectivity index (χ0) is 14.1. The quantitative estimate of drug-likeness (QED) is 0.805. The van der Waals surface area contributed by atoms with E-state index in [-0.39, 0.29) is 5.91 Å². The average Bonchev–Trinajstić information content (AvgIpc) is 2.90. The molecule has 0 radical (unpaired) electrons. The van der Waals surface area contributed by atoms with Crippen LogP contribution in [0.1, 0.15) is 27.0 Å². The van der Waals surface area contributed by atoms with Crippen molar-refractivity contribution in [1.29, 1.82) is 5.26 Å². The summed E-state index contributed by atoms with van der Waals surface area (Å²) in [6, 6.07) is 14.8. The minimum atomic E-state index is -0.130. The van der Waals surface area contributed by atoms with Gasteiger partial charge in [0.25, 0.3) is 5.91 Å². The van der Waals surface area contributed by atoms with E-state index >= 15 is 0 Å². The molecule has 0 aliphatic carbocycles. The van der Waals surface area contributed by atoms with Crippen LogP contribution in [0.4, 0.5) is 0 Å². The van der Waals surface area contributed by atoms with Gasteiger partial charge in [-0.3, -0.25) is 4.79 Å². The fourth-order valence-electron chi connectivity index (χ4n) is 2.44. The molecule has 1 heterocycles. The molecule has 0 fully saturated rings. The molecular formula is C16H11ClN2O. The molecule has 0 aromatic heterocycles. The molecule has 1 amide bonds. The summed E-state index contributed by atoms with van der Waals surface area (Å²) < 4.78 is 0. The van der Waals surface area contributed by atoms with Gasteiger partial charge in [-0.05, 0) is 29.3 Å². The maximum Gasteiger partial charge on any atom is 0.255 e. The molecule has 98 valence electrons. The van der Waals surface area contributed by atoms with Gasteiger partial charge in [0.15, 0.2) is 0 Å². The topological polar surface area (TPSA) is 44.1 Å². The van der Waals surface area contributed by atoms with Crippen LogP contribution in [0, 0.1) is 11.3 Å². The van der Waals surface area contributed by atoms with Crippen molar-refractivity contribution in [2.45, 2.75) is 13.1 Å². The van der Waals surface area contributed by atoms with Crippen LogP contribution in [0.15, 0.2) is 42.5 Å². The first-order chi connectivity index (χ1) is 9.69. The summed E-state index contributed by atoms with van der Waals surface area (Å²) >= 11 is 5.86. The van der Waals surface area contributed by atoms with E-state index in [0.717, 1.165) is 11.1 Å². The normalized spacial score (nSPS) is 12.9. The van der Waals surface area contributed by atoms with E-state index in [1.807, 2.05) is 30.3 Å². The van der Waals surface area contributed by atoms with Gasteiger partial charge >= 0.3 is 0 Å². The van der Waals surface area contributed by atoms with Crippen LogP contribution in [-0.4, -0.2) is 10.8 Å². The molecule has 0 saturated heterocycles. The molecule has 0 atom stereocenters. The van der Waals surface area contributed by atoms with Crippen molar-refractivity contribution in [1.82, 2.24) is 4.90 Å². The summed E-state index contributed by atoms with van der Waals surface area (Å²) in [6.07, 6.45) is 0. The largest absolute Gasteiger partial charge is 0.330 e. The number of halogens is 1. The highest BCUT2D eigenvalue weighted by molar-refractivity contribution is 6.30. The number of nitriles is 1. The summed E-state index contributed by atoms with van der Waals surface area (Å²) in [4.78, 5) is 14.3.